The molecule has 2 atom stereocenters. The standard InChI is InChI=1S/C24H24N.C11H9N.Ir/c1-4-24(2,3)20-13-14-25-23(16-20)19-12-11-18-10-9-17-7-5-6-8-21(17)22(18)15-19;1-2-6-10(7-3-1)11-8-4-5-9-12-11;/h5-11,13-17,21H,4H2,1-3H3;1-9H;/q-1;;. The number of hydrogen-bond donors (Lipinski definition) is 0. The van der Waals surface area contributed by atoms with Crippen LogP contribution in [0.5, 0.6) is 0 Å². The van der Waals surface area contributed by atoms with E-state index >= 15 is 0 Å². The van der Waals surface area contributed by atoms with E-state index in [9.17, 15) is 0 Å². The van der Waals surface area contributed by atoms with Crippen LogP contribution in [0.2, 0.25) is 0 Å². The van der Waals surface area contributed by atoms with Gasteiger partial charge in [0.1, 0.15) is 0 Å². The number of allylic oxidation sites excluding steroid dienone is 5. The van der Waals surface area contributed by atoms with Crippen LogP contribution in [0.1, 0.15) is 49.8 Å². The molecule has 2 nitrogen and oxygen atoms in total. The average Bonchev–Trinajstić information content (AvgIpc) is 2.98. The summed E-state index contributed by atoms with van der Waals surface area (Å²) < 4.78 is 0. The molecule has 0 amide bonds. The van der Waals surface area contributed by atoms with Gasteiger partial charge in [0, 0.05) is 44.0 Å². The summed E-state index contributed by atoms with van der Waals surface area (Å²) in [6.07, 6.45) is 18.3. The second-order valence-corrected chi connectivity index (χ2v) is 10.2. The van der Waals surface area contributed by atoms with E-state index in [-0.39, 0.29) is 25.5 Å². The van der Waals surface area contributed by atoms with Crippen LogP contribution in [0.15, 0.2) is 116 Å². The van der Waals surface area contributed by atoms with E-state index in [0.29, 0.717) is 11.8 Å². The van der Waals surface area contributed by atoms with Crippen molar-refractivity contribution in [2.24, 2.45) is 5.92 Å². The number of benzene rings is 2. The molecule has 0 fully saturated rings. The summed E-state index contributed by atoms with van der Waals surface area (Å²) >= 11 is 0. The van der Waals surface area contributed by atoms with Gasteiger partial charge in [-0.3, -0.25) is 4.98 Å². The molecule has 0 saturated heterocycles. The number of aromatic nitrogens is 2. The molecule has 2 aromatic heterocycles. The van der Waals surface area contributed by atoms with E-state index < -0.39 is 0 Å². The molecule has 6 rings (SSSR count). The first-order valence-electron chi connectivity index (χ1n) is 13.1. The Morgan fingerprint density at radius 3 is 2.34 bits per heavy atom. The fourth-order valence-corrected chi connectivity index (χ4v) is 4.78. The molecular formula is C35H33IrN2-. The van der Waals surface area contributed by atoms with Crippen LogP contribution < -0.4 is 0 Å². The van der Waals surface area contributed by atoms with E-state index in [1.165, 1.54) is 16.7 Å². The van der Waals surface area contributed by atoms with Gasteiger partial charge < -0.3 is 4.98 Å². The number of hydrogen-bond acceptors (Lipinski definition) is 2. The molecule has 3 heteroatoms. The number of nitrogens with zero attached hydrogens (tertiary/aromatic N) is 2. The average molecular weight is 674 g/mol. The zero-order valence-electron chi connectivity index (χ0n) is 22.1. The molecule has 2 heterocycles. The van der Waals surface area contributed by atoms with Crippen molar-refractivity contribution in [3.05, 3.63) is 138 Å². The Morgan fingerprint density at radius 1 is 0.816 bits per heavy atom. The summed E-state index contributed by atoms with van der Waals surface area (Å²) in [6.45, 7) is 6.81. The number of pyridine rings is 2. The molecule has 193 valence electrons. The largest absolute Gasteiger partial charge is 0.305 e. The molecule has 0 aliphatic heterocycles. The third-order valence-corrected chi connectivity index (χ3v) is 7.49. The Kier molecular flexibility index (Phi) is 9.04. The monoisotopic (exact) mass is 674 g/mol. The Balaban J connectivity index is 0.000000218. The first kappa shape index (κ1) is 27.6. The maximum Gasteiger partial charge on any atom is 0.0701 e. The van der Waals surface area contributed by atoms with E-state index in [4.69, 9.17) is 0 Å². The van der Waals surface area contributed by atoms with Gasteiger partial charge in [-0.25, -0.2) is 0 Å². The molecular weight excluding hydrogens is 641 g/mol. The van der Waals surface area contributed by atoms with Gasteiger partial charge in [0.25, 0.3) is 0 Å². The molecule has 1 radical (unpaired) electrons. The molecule has 0 spiro atoms. The molecule has 0 saturated carbocycles. The van der Waals surface area contributed by atoms with Crippen molar-refractivity contribution in [3.8, 4) is 22.5 Å². The summed E-state index contributed by atoms with van der Waals surface area (Å²) in [5.74, 6) is 0.889. The molecule has 2 aliphatic carbocycles. The van der Waals surface area contributed by atoms with Crippen molar-refractivity contribution in [1.82, 2.24) is 9.97 Å². The second-order valence-electron chi connectivity index (χ2n) is 10.2. The van der Waals surface area contributed by atoms with Crippen molar-refractivity contribution >= 4 is 6.08 Å². The molecule has 2 aliphatic rings. The van der Waals surface area contributed by atoms with Crippen LogP contribution in [-0.2, 0) is 25.5 Å². The fourth-order valence-electron chi connectivity index (χ4n) is 4.78. The summed E-state index contributed by atoms with van der Waals surface area (Å²) in [5, 5.41) is 0. The van der Waals surface area contributed by atoms with Gasteiger partial charge >= 0.3 is 0 Å². The Bertz CT molecular complexity index is 1400. The van der Waals surface area contributed by atoms with Crippen LogP contribution in [0.4, 0.5) is 0 Å². The van der Waals surface area contributed by atoms with Gasteiger partial charge in [-0.1, -0.05) is 93.6 Å². The zero-order chi connectivity index (χ0) is 25.7. The minimum atomic E-state index is 0. The van der Waals surface area contributed by atoms with Gasteiger partial charge in [0.05, 0.1) is 5.69 Å². The number of fused-ring (bicyclic) bond motifs is 3. The Morgan fingerprint density at radius 2 is 1.58 bits per heavy atom. The smallest absolute Gasteiger partial charge is 0.0701 e. The van der Waals surface area contributed by atoms with Crippen LogP contribution in [0.25, 0.3) is 28.6 Å². The topological polar surface area (TPSA) is 25.8 Å². The summed E-state index contributed by atoms with van der Waals surface area (Å²) in [6, 6.07) is 28.3. The zero-order valence-corrected chi connectivity index (χ0v) is 24.5. The first-order chi connectivity index (χ1) is 18.0. The quantitative estimate of drug-likeness (QED) is 0.203. The van der Waals surface area contributed by atoms with Crippen LogP contribution in [0.3, 0.4) is 0 Å². The third-order valence-electron chi connectivity index (χ3n) is 7.49. The Hall–Kier alpha value is -3.39. The van der Waals surface area contributed by atoms with E-state index in [2.05, 4.69) is 110 Å². The van der Waals surface area contributed by atoms with Crippen molar-refractivity contribution in [2.45, 2.75) is 38.5 Å². The second kappa shape index (κ2) is 12.4. The van der Waals surface area contributed by atoms with Crippen LogP contribution >= 0.6 is 0 Å². The maximum absolute atomic E-state index is 4.63. The predicted octanol–water partition coefficient (Wildman–Crippen LogP) is 8.84. The third kappa shape index (κ3) is 6.18. The molecule has 4 aromatic rings. The van der Waals surface area contributed by atoms with Crippen molar-refractivity contribution in [2.75, 3.05) is 0 Å². The van der Waals surface area contributed by atoms with Crippen LogP contribution in [-0.4, -0.2) is 9.97 Å². The maximum atomic E-state index is 4.63. The minimum Gasteiger partial charge on any atom is -0.305 e. The normalized spacial score (nSPS) is 16.9. The van der Waals surface area contributed by atoms with E-state index in [0.717, 1.165) is 28.9 Å². The van der Waals surface area contributed by atoms with Crippen molar-refractivity contribution in [3.63, 3.8) is 0 Å². The molecule has 0 bridgehead atoms. The fraction of sp³-hybridized carbons (Fsp3) is 0.200. The Labute approximate surface area is 240 Å². The molecule has 2 unspecified atom stereocenters. The van der Waals surface area contributed by atoms with Crippen LogP contribution in [0, 0.1) is 12.0 Å². The molecule has 38 heavy (non-hydrogen) atoms. The molecule has 0 N–H and O–H groups in total. The summed E-state index contributed by atoms with van der Waals surface area (Å²) in [7, 11) is 0. The summed E-state index contributed by atoms with van der Waals surface area (Å²) in [5.41, 5.74) is 8.45. The predicted molar refractivity (Wildman–Crippen MR) is 155 cm³/mol. The van der Waals surface area contributed by atoms with Crippen molar-refractivity contribution < 1.29 is 20.1 Å². The first-order valence-corrected chi connectivity index (χ1v) is 13.1. The number of rotatable bonds is 4. The SMILES string of the molecule is CCC(C)(C)c1ccnc(-c2[c-]cc3c(c2)C2C=CC=CC2C=C3)c1.[Ir].c1ccc(-c2ccccn2)cc1. The van der Waals surface area contributed by atoms with Gasteiger partial charge in [0.2, 0.25) is 0 Å². The van der Waals surface area contributed by atoms with Gasteiger partial charge in [-0.2, -0.15) is 0 Å². The van der Waals surface area contributed by atoms with Crippen molar-refractivity contribution in [1.29, 1.82) is 0 Å². The van der Waals surface area contributed by atoms with Gasteiger partial charge in [0.15, 0.2) is 0 Å². The summed E-state index contributed by atoms with van der Waals surface area (Å²) in [4.78, 5) is 8.88. The van der Waals surface area contributed by atoms with E-state index in [1.54, 1.807) is 0 Å². The molecule has 2 aromatic carbocycles. The van der Waals surface area contributed by atoms with Gasteiger partial charge in [-0.05, 0) is 47.2 Å². The van der Waals surface area contributed by atoms with Gasteiger partial charge in [-0.15, -0.1) is 41.0 Å². The minimum absolute atomic E-state index is 0. The van der Waals surface area contributed by atoms with E-state index in [1.807, 2.05) is 48.8 Å².